The van der Waals surface area contributed by atoms with Crippen molar-refractivity contribution in [1.29, 1.82) is 0 Å². The van der Waals surface area contributed by atoms with Gasteiger partial charge in [0, 0.05) is 31.4 Å². The summed E-state index contributed by atoms with van der Waals surface area (Å²) < 4.78 is 47.1. The van der Waals surface area contributed by atoms with Crippen LogP contribution in [-0.2, 0) is 17.5 Å². The van der Waals surface area contributed by atoms with Gasteiger partial charge in [0.25, 0.3) is 11.1 Å². The predicted octanol–water partition coefficient (Wildman–Crippen LogP) is 6.68. The number of nitrogens with zero attached hydrogens (tertiary/aromatic N) is 4. The fourth-order valence-electron chi connectivity index (χ4n) is 5.21. The maximum Gasteiger partial charge on any atom is 0.433 e. The molecule has 4 aromatic rings. The van der Waals surface area contributed by atoms with E-state index in [0.717, 1.165) is 30.7 Å². The molecule has 0 spiro atoms. The number of anilines is 1. The molecule has 0 bridgehead atoms. The van der Waals surface area contributed by atoms with E-state index in [2.05, 4.69) is 30.5 Å². The largest absolute Gasteiger partial charge is 0.457 e. The summed E-state index contributed by atoms with van der Waals surface area (Å²) in [7, 11) is 0. The fraction of sp³-hybridized carbons (Fsp3) is 0.242. The van der Waals surface area contributed by atoms with Crippen molar-refractivity contribution in [2.24, 2.45) is 5.92 Å². The molecule has 2 aliphatic heterocycles. The molecule has 0 aliphatic carbocycles. The first-order valence-electron chi connectivity index (χ1n) is 14.6. The minimum absolute atomic E-state index is 0.239. The number of amides is 2. The molecule has 4 heterocycles. The molecule has 2 fully saturated rings. The van der Waals surface area contributed by atoms with Crippen LogP contribution in [0, 0.1) is 5.92 Å². The normalized spacial score (nSPS) is 16.6. The second kappa shape index (κ2) is 13.7. The lowest BCUT2D eigenvalue weighted by Gasteiger charge is -2.32. The Morgan fingerprint density at radius 1 is 0.978 bits per heavy atom. The third-order valence-electron chi connectivity index (χ3n) is 7.55. The molecule has 0 atom stereocenters. The Morgan fingerprint density at radius 2 is 1.72 bits per heavy atom. The summed E-state index contributed by atoms with van der Waals surface area (Å²) in [5.41, 5.74) is 0.891. The van der Waals surface area contributed by atoms with Crippen LogP contribution in [0.4, 0.5) is 23.9 Å². The average Bonchev–Trinajstić information content (AvgIpc) is 3.37. The van der Waals surface area contributed by atoms with Crippen molar-refractivity contribution < 1.29 is 27.5 Å². The van der Waals surface area contributed by atoms with Crippen LogP contribution in [-0.4, -0.2) is 45.7 Å². The SMILES string of the molecule is O=C1NC(=O)/C(=C\c2ccnc(N3CCC(CNCc4cc(-c5ccc(Oc6ccccc6)cc5)nc(C(F)(F)F)c4)CC3)n2)S1. The third-order valence-corrected chi connectivity index (χ3v) is 8.36. The molecule has 2 saturated heterocycles. The number of carbonyl (C=O) groups excluding carboxylic acids is 2. The number of hydrogen-bond acceptors (Lipinski definition) is 9. The highest BCUT2D eigenvalue weighted by Gasteiger charge is 2.33. The number of imide groups is 1. The highest BCUT2D eigenvalue weighted by molar-refractivity contribution is 8.18. The standard InChI is InChI=1S/C33H29F3N6O3S/c34-33(35,36)29-17-22(16-27(40-29)23-6-8-26(9-7-23)45-25-4-2-1-3-5-25)20-37-19-21-11-14-42(15-12-21)31-38-13-10-24(39-31)18-28-30(43)41-32(44)46-28/h1-10,13,16-18,21,37H,11-12,14-15,19-20H2,(H,41,43,44)/b28-18+. The number of ether oxygens (including phenoxy) is 1. The van der Waals surface area contributed by atoms with E-state index in [1.807, 2.05) is 30.3 Å². The molecular weight excluding hydrogens is 617 g/mol. The van der Waals surface area contributed by atoms with Crippen LogP contribution in [0.3, 0.4) is 0 Å². The molecule has 9 nitrogen and oxygen atoms in total. The number of aromatic nitrogens is 3. The van der Waals surface area contributed by atoms with E-state index in [-0.39, 0.29) is 17.1 Å². The number of halogens is 3. The van der Waals surface area contributed by atoms with Gasteiger partial charge in [-0.05, 0) is 103 Å². The molecule has 2 amide bonds. The van der Waals surface area contributed by atoms with Crippen LogP contribution < -0.4 is 20.3 Å². The van der Waals surface area contributed by atoms with Gasteiger partial charge >= 0.3 is 6.18 Å². The molecule has 2 aromatic carbocycles. The van der Waals surface area contributed by atoms with Gasteiger partial charge in [0.15, 0.2) is 0 Å². The van der Waals surface area contributed by atoms with Crippen LogP contribution >= 0.6 is 11.8 Å². The van der Waals surface area contributed by atoms with Crippen molar-refractivity contribution in [3.05, 3.63) is 101 Å². The smallest absolute Gasteiger partial charge is 0.433 e. The maximum absolute atomic E-state index is 13.8. The van der Waals surface area contributed by atoms with Gasteiger partial charge in [0.2, 0.25) is 5.95 Å². The Balaban J connectivity index is 1.05. The van der Waals surface area contributed by atoms with E-state index >= 15 is 0 Å². The molecule has 236 valence electrons. The number of rotatable bonds is 9. The topological polar surface area (TPSA) is 109 Å². The summed E-state index contributed by atoms with van der Waals surface area (Å²) in [4.78, 5) is 38.5. The van der Waals surface area contributed by atoms with Gasteiger partial charge in [-0.25, -0.2) is 15.0 Å². The monoisotopic (exact) mass is 646 g/mol. The Labute approximate surface area is 267 Å². The first kappa shape index (κ1) is 31.2. The van der Waals surface area contributed by atoms with E-state index in [4.69, 9.17) is 4.74 Å². The summed E-state index contributed by atoms with van der Waals surface area (Å²) in [6.07, 6.45) is 0.301. The molecule has 0 unspecified atom stereocenters. The van der Waals surface area contributed by atoms with Crippen LogP contribution in [0.2, 0.25) is 0 Å². The van der Waals surface area contributed by atoms with Crippen LogP contribution in [0.1, 0.15) is 29.8 Å². The van der Waals surface area contributed by atoms with E-state index in [9.17, 15) is 22.8 Å². The molecule has 2 aliphatic rings. The van der Waals surface area contributed by atoms with Gasteiger partial charge in [-0.2, -0.15) is 13.2 Å². The number of nitrogens with one attached hydrogen (secondary N) is 2. The predicted molar refractivity (Wildman–Crippen MR) is 169 cm³/mol. The molecule has 13 heteroatoms. The van der Waals surface area contributed by atoms with Gasteiger partial charge < -0.3 is 15.0 Å². The Morgan fingerprint density at radius 3 is 2.41 bits per heavy atom. The molecule has 2 aromatic heterocycles. The summed E-state index contributed by atoms with van der Waals surface area (Å²) in [5, 5.41) is 5.15. The van der Waals surface area contributed by atoms with Gasteiger partial charge in [0.05, 0.1) is 16.3 Å². The van der Waals surface area contributed by atoms with E-state index in [1.165, 1.54) is 0 Å². The number of carbonyl (C=O) groups is 2. The molecule has 46 heavy (non-hydrogen) atoms. The van der Waals surface area contributed by atoms with E-state index in [1.54, 1.807) is 48.7 Å². The van der Waals surface area contributed by atoms with Crippen molar-refractivity contribution in [2.75, 3.05) is 24.5 Å². The summed E-state index contributed by atoms with van der Waals surface area (Å²) in [6.45, 7) is 2.33. The van der Waals surface area contributed by atoms with Crippen molar-refractivity contribution in [3.8, 4) is 22.8 Å². The van der Waals surface area contributed by atoms with Crippen LogP contribution in [0.25, 0.3) is 17.3 Å². The zero-order chi connectivity index (χ0) is 32.1. The molecule has 0 saturated carbocycles. The summed E-state index contributed by atoms with van der Waals surface area (Å²) >= 11 is 0.835. The van der Waals surface area contributed by atoms with Crippen LogP contribution in [0.15, 0.2) is 83.9 Å². The average molecular weight is 647 g/mol. The lowest BCUT2D eigenvalue weighted by Crippen LogP contribution is -2.38. The number of pyridine rings is 1. The fourth-order valence-corrected chi connectivity index (χ4v) is 5.88. The number of para-hydroxylation sites is 1. The number of hydrogen-bond donors (Lipinski definition) is 2. The van der Waals surface area contributed by atoms with E-state index < -0.39 is 23.0 Å². The first-order valence-corrected chi connectivity index (χ1v) is 15.5. The Bertz CT molecular complexity index is 1740. The van der Waals surface area contributed by atoms with Crippen molar-refractivity contribution in [3.63, 3.8) is 0 Å². The number of alkyl halides is 3. The third kappa shape index (κ3) is 7.90. The summed E-state index contributed by atoms with van der Waals surface area (Å²) in [5.74, 6) is 1.66. The second-order valence-corrected chi connectivity index (χ2v) is 11.9. The molecule has 2 N–H and O–H groups in total. The minimum atomic E-state index is -4.58. The number of piperidine rings is 1. The van der Waals surface area contributed by atoms with Gasteiger partial charge in [0.1, 0.15) is 17.2 Å². The number of thioether (sulfide) groups is 1. The van der Waals surface area contributed by atoms with Crippen molar-refractivity contribution >= 4 is 34.9 Å². The Kier molecular flexibility index (Phi) is 9.31. The molecule has 6 rings (SSSR count). The van der Waals surface area contributed by atoms with Crippen LogP contribution in [0.5, 0.6) is 11.5 Å². The highest BCUT2D eigenvalue weighted by atomic mass is 32.2. The molecular formula is C33H29F3N6O3S. The van der Waals surface area contributed by atoms with Gasteiger partial charge in [-0.3, -0.25) is 14.9 Å². The van der Waals surface area contributed by atoms with Crippen molar-refractivity contribution in [2.45, 2.75) is 25.6 Å². The zero-order valence-corrected chi connectivity index (χ0v) is 25.3. The first-order chi connectivity index (χ1) is 22.2. The maximum atomic E-state index is 13.8. The second-order valence-electron chi connectivity index (χ2n) is 10.9. The Hall–Kier alpha value is -4.75. The van der Waals surface area contributed by atoms with Gasteiger partial charge in [-0.1, -0.05) is 18.2 Å². The zero-order valence-electron chi connectivity index (χ0n) is 24.5. The summed E-state index contributed by atoms with van der Waals surface area (Å²) in [6, 6.07) is 20.5. The highest BCUT2D eigenvalue weighted by Crippen LogP contribution is 2.32. The quantitative estimate of drug-likeness (QED) is 0.193. The van der Waals surface area contributed by atoms with Gasteiger partial charge in [-0.15, -0.1) is 0 Å². The molecule has 0 radical (unpaired) electrons. The lowest BCUT2D eigenvalue weighted by atomic mass is 9.97. The lowest BCUT2D eigenvalue weighted by molar-refractivity contribution is -0.141. The van der Waals surface area contributed by atoms with Crippen molar-refractivity contribution in [1.82, 2.24) is 25.6 Å². The minimum Gasteiger partial charge on any atom is -0.457 e. The van der Waals surface area contributed by atoms with E-state index in [0.29, 0.717) is 59.8 Å². The number of benzene rings is 2.